The molecule has 0 N–H and O–H groups in total. The van der Waals surface area contributed by atoms with Gasteiger partial charge in [-0.05, 0) is 11.6 Å². The van der Waals surface area contributed by atoms with Gasteiger partial charge in [-0.1, -0.05) is 78.9 Å². The van der Waals surface area contributed by atoms with Crippen LogP contribution in [0.4, 0.5) is 11.6 Å². The van der Waals surface area contributed by atoms with E-state index in [0.717, 1.165) is 35.5 Å². The maximum Gasteiger partial charge on any atom is 0.278 e. The van der Waals surface area contributed by atoms with Crippen LogP contribution in [-0.4, -0.2) is 49.5 Å². The number of nitriles is 1. The van der Waals surface area contributed by atoms with E-state index in [9.17, 15) is 10.1 Å². The molecule has 182 valence electrons. The first-order valence-corrected chi connectivity index (χ1v) is 12.2. The normalized spacial score (nSPS) is 16.7. The predicted molar refractivity (Wildman–Crippen MR) is 142 cm³/mol. The van der Waals surface area contributed by atoms with Crippen molar-refractivity contribution in [1.29, 1.82) is 5.26 Å². The summed E-state index contributed by atoms with van der Waals surface area (Å²) >= 11 is 0. The molecule has 7 nitrogen and oxygen atoms in total. The Morgan fingerprint density at radius 2 is 1.51 bits per heavy atom. The van der Waals surface area contributed by atoms with Gasteiger partial charge in [0.1, 0.15) is 23.1 Å². The molecule has 0 saturated carbocycles. The van der Waals surface area contributed by atoms with Crippen LogP contribution in [0.1, 0.15) is 11.1 Å². The molecule has 3 heterocycles. The minimum absolute atomic E-state index is 0.131. The lowest BCUT2D eigenvalue weighted by Gasteiger charge is -2.30. The molecular formula is C30H24N4O3. The highest BCUT2D eigenvalue weighted by Crippen LogP contribution is 2.43. The quantitative estimate of drug-likeness (QED) is 0.384. The Morgan fingerprint density at radius 3 is 2.22 bits per heavy atom. The van der Waals surface area contributed by atoms with Gasteiger partial charge in [-0.2, -0.15) is 5.26 Å². The third-order valence-corrected chi connectivity index (χ3v) is 6.66. The maximum absolute atomic E-state index is 13.7. The number of rotatable bonds is 5. The Bertz CT molecular complexity index is 1510. The number of furan rings is 1. The van der Waals surface area contributed by atoms with E-state index >= 15 is 0 Å². The van der Waals surface area contributed by atoms with Gasteiger partial charge in [0.25, 0.3) is 5.91 Å². The molecule has 2 aliphatic heterocycles. The lowest BCUT2D eigenvalue weighted by atomic mass is 9.98. The molecule has 37 heavy (non-hydrogen) atoms. The first-order chi connectivity index (χ1) is 18.2. The number of ether oxygens (including phenoxy) is 1. The van der Waals surface area contributed by atoms with E-state index in [1.165, 1.54) is 0 Å². The van der Waals surface area contributed by atoms with E-state index in [1.807, 2.05) is 84.9 Å². The van der Waals surface area contributed by atoms with Gasteiger partial charge >= 0.3 is 0 Å². The Balaban J connectivity index is 1.48. The number of aliphatic imine (C=N–C) groups is 1. The molecule has 6 rings (SSSR count). The van der Waals surface area contributed by atoms with Crippen LogP contribution in [0.2, 0.25) is 0 Å². The summed E-state index contributed by atoms with van der Waals surface area (Å²) in [6.07, 6.45) is 0. The second kappa shape index (κ2) is 9.86. The van der Waals surface area contributed by atoms with Gasteiger partial charge in [0.05, 0.1) is 25.6 Å². The van der Waals surface area contributed by atoms with Gasteiger partial charge in [0.15, 0.2) is 0 Å². The zero-order valence-electron chi connectivity index (χ0n) is 20.1. The summed E-state index contributed by atoms with van der Waals surface area (Å²) in [5.74, 6) is 0.466. The van der Waals surface area contributed by atoms with Crippen molar-refractivity contribution in [3.63, 3.8) is 0 Å². The van der Waals surface area contributed by atoms with Crippen LogP contribution in [-0.2, 0) is 9.53 Å². The molecule has 0 spiro atoms. The second-order valence-electron chi connectivity index (χ2n) is 8.91. The van der Waals surface area contributed by atoms with Crippen molar-refractivity contribution in [2.75, 3.05) is 37.9 Å². The van der Waals surface area contributed by atoms with Crippen molar-refractivity contribution >= 4 is 23.2 Å². The number of morpholine rings is 1. The first-order valence-electron chi connectivity index (χ1n) is 12.2. The predicted octanol–water partition coefficient (Wildman–Crippen LogP) is 5.24. The molecule has 1 saturated heterocycles. The fourth-order valence-electron chi connectivity index (χ4n) is 4.83. The standard InChI is InChI=1S/C30H24N4O3/c31-19-24-26(21-9-3-1-4-10-21)28(22-11-5-2-6-12-22)37-29(24)32-27-23-13-7-8-14-25(23)34(30(27)35)20-33-15-17-36-18-16-33/h1-14H,15-18,20H2/b32-27+. The van der Waals surface area contributed by atoms with Gasteiger partial charge in [-0.3, -0.25) is 14.6 Å². The summed E-state index contributed by atoms with van der Waals surface area (Å²) in [6.45, 7) is 3.26. The summed E-state index contributed by atoms with van der Waals surface area (Å²) in [6, 6.07) is 29.2. The number of hydrogen-bond acceptors (Lipinski definition) is 6. The number of benzene rings is 3. The number of para-hydroxylation sites is 1. The zero-order valence-corrected chi connectivity index (χ0v) is 20.1. The third-order valence-electron chi connectivity index (χ3n) is 6.66. The van der Waals surface area contributed by atoms with Crippen molar-refractivity contribution in [3.05, 3.63) is 96.1 Å². The van der Waals surface area contributed by atoms with Crippen LogP contribution >= 0.6 is 0 Å². The maximum atomic E-state index is 13.7. The third kappa shape index (κ3) is 4.23. The molecule has 2 aliphatic rings. The van der Waals surface area contributed by atoms with Crippen LogP contribution in [0.3, 0.4) is 0 Å². The van der Waals surface area contributed by atoms with E-state index in [-0.39, 0.29) is 17.5 Å². The summed E-state index contributed by atoms with van der Waals surface area (Å²) < 4.78 is 11.7. The van der Waals surface area contributed by atoms with E-state index in [2.05, 4.69) is 11.0 Å². The van der Waals surface area contributed by atoms with Crippen molar-refractivity contribution in [2.24, 2.45) is 4.99 Å². The van der Waals surface area contributed by atoms with Crippen LogP contribution in [0.25, 0.3) is 22.5 Å². The fraction of sp³-hybridized carbons (Fsp3) is 0.167. The summed E-state index contributed by atoms with van der Waals surface area (Å²) in [5, 5.41) is 10.2. The Hall–Kier alpha value is -4.51. The molecule has 1 aromatic heterocycles. The first kappa shape index (κ1) is 22.9. The highest BCUT2D eigenvalue weighted by molar-refractivity contribution is 6.54. The number of amides is 1. The Kier molecular flexibility index (Phi) is 6.11. The van der Waals surface area contributed by atoms with Crippen LogP contribution in [0, 0.1) is 11.3 Å². The largest absolute Gasteiger partial charge is 0.436 e. The Labute approximate surface area is 214 Å². The molecule has 7 heteroatoms. The van der Waals surface area contributed by atoms with Gasteiger partial charge in [-0.15, -0.1) is 0 Å². The minimum Gasteiger partial charge on any atom is -0.436 e. The van der Waals surface area contributed by atoms with E-state index in [0.29, 0.717) is 36.8 Å². The van der Waals surface area contributed by atoms with Crippen molar-refractivity contribution in [2.45, 2.75) is 0 Å². The van der Waals surface area contributed by atoms with Crippen molar-refractivity contribution in [1.82, 2.24) is 4.90 Å². The molecule has 0 unspecified atom stereocenters. The summed E-state index contributed by atoms with van der Waals surface area (Å²) in [4.78, 5) is 22.3. The molecule has 4 aromatic rings. The number of hydrogen-bond donors (Lipinski definition) is 0. The van der Waals surface area contributed by atoms with Gasteiger partial charge in [0, 0.05) is 29.8 Å². The lowest BCUT2D eigenvalue weighted by Crippen LogP contribution is -2.45. The fourth-order valence-corrected chi connectivity index (χ4v) is 4.83. The number of nitrogens with zero attached hydrogens (tertiary/aromatic N) is 4. The number of fused-ring (bicyclic) bond motifs is 1. The van der Waals surface area contributed by atoms with Crippen LogP contribution < -0.4 is 4.90 Å². The van der Waals surface area contributed by atoms with Gasteiger partial charge < -0.3 is 9.15 Å². The minimum atomic E-state index is -0.212. The molecule has 1 amide bonds. The van der Waals surface area contributed by atoms with E-state index < -0.39 is 0 Å². The van der Waals surface area contributed by atoms with Gasteiger partial charge in [0.2, 0.25) is 5.88 Å². The van der Waals surface area contributed by atoms with Crippen LogP contribution in [0.15, 0.2) is 94.3 Å². The molecule has 0 aliphatic carbocycles. The Morgan fingerprint density at radius 1 is 0.865 bits per heavy atom. The highest BCUT2D eigenvalue weighted by Gasteiger charge is 2.36. The number of carbonyl (C=O) groups excluding carboxylic acids is 1. The molecule has 0 atom stereocenters. The molecule has 0 radical (unpaired) electrons. The molecule has 1 fully saturated rings. The summed E-state index contributed by atoms with van der Waals surface area (Å²) in [7, 11) is 0. The SMILES string of the molecule is N#Cc1c(/N=C2/C(=O)N(CN3CCOCC3)c3ccccc32)oc(-c2ccccc2)c1-c1ccccc1. The topological polar surface area (TPSA) is 82.1 Å². The monoisotopic (exact) mass is 488 g/mol. The lowest BCUT2D eigenvalue weighted by molar-refractivity contribution is -0.112. The highest BCUT2D eigenvalue weighted by atomic mass is 16.5. The van der Waals surface area contributed by atoms with Crippen molar-refractivity contribution in [3.8, 4) is 28.5 Å². The molecular weight excluding hydrogens is 464 g/mol. The van der Waals surface area contributed by atoms with Crippen molar-refractivity contribution < 1.29 is 13.9 Å². The second-order valence-corrected chi connectivity index (χ2v) is 8.91. The average molecular weight is 489 g/mol. The zero-order chi connectivity index (χ0) is 25.2. The van der Waals surface area contributed by atoms with Gasteiger partial charge in [-0.25, -0.2) is 4.99 Å². The van der Waals surface area contributed by atoms with E-state index in [4.69, 9.17) is 14.1 Å². The number of carbonyl (C=O) groups is 1. The molecule has 3 aromatic carbocycles. The van der Waals surface area contributed by atoms with Crippen LogP contribution in [0.5, 0.6) is 0 Å². The number of anilines is 1. The average Bonchev–Trinajstić information content (AvgIpc) is 3.46. The smallest absolute Gasteiger partial charge is 0.278 e. The summed E-state index contributed by atoms with van der Waals surface area (Å²) in [5.41, 5.74) is 4.44. The van der Waals surface area contributed by atoms with E-state index in [1.54, 1.807) is 4.90 Å². The molecule has 0 bridgehead atoms.